The van der Waals surface area contributed by atoms with Crippen LogP contribution in [-0.4, -0.2) is 65.0 Å². The number of hydrogen-bond acceptors (Lipinski definition) is 5. The van der Waals surface area contributed by atoms with Crippen LogP contribution in [0, 0.1) is 0 Å². The Labute approximate surface area is 144 Å². The number of morpholine rings is 1. The van der Waals surface area contributed by atoms with Crippen LogP contribution in [0.1, 0.15) is 16.9 Å². The van der Waals surface area contributed by atoms with Crippen molar-refractivity contribution >= 4 is 11.9 Å². The van der Waals surface area contributed by atoms with Gasteiger partial charge in [0.1, 0.15) is 11.4 Å². The van der Waals surface area contributed by atoms with Gasteiger partial charge in [-0.1, -0.05) is 0 Å². The molecule has 1 unspecified atom stereocenters. The maximum atomic E-state index is 12.7. The molecule has 1 aliphatic heterocycles. The molecule has 1 fully saturated rings. The number of aliphatic carboxylic acids is 1. The van der Waals surface area contributed by atoms with Gasteiger partial charge in [0.15, 0.2) is 0 Å². The van der Waals surface area contributed by atoms with Gasteiger partial charge in [-0.15, -0.1) is 0 Å². The normalized spacial score (nSPS) is 17.3. The highest BCUT2D eigenvalue weighted by Crippen LogP contribution is 2.22. The molecule has 2 aromatic rings. The summed E-state index contributed by atoms with van der Waals surface area (Å²) in [5.41, 5.74) is 1.80. The monoisotopic (exact) mass is 345 g/mol. The first-order valence-corrected chi connectivity index (χ1v) is 7.89. The van der Waals surface area contributed by atoms with Crippen molar-refractivity contribution in [3.63, 3.8) is 0 Å². The van der Waals surface area contributed by atoms with E-state index in [1.54, 1.807) is 13.2 Å². The maximum absolute atomic E-state index is 12.7. The molecule has 3 rings (SSSR count). The molecule has 2 N–H and O–H groups in total. The van der Waals surface area contributed by atoms with Crippen molar-refractivity contribution in [2.75, 3.05) is 26.9 Å². The van der Waals surface area contributed by atoms with Crippen molar-refractivity contribution in [1.29, 1.82) is 0 Å². The van der Waals surface area contributed by atoms with Gasteiger partial charge in [0.25, 0.3) is 5.91 Å². The van der Waals surface area contributed by atoms with Crippen LogP contribution >= 0.6 is 0 Å². The summed E-state index contributed by atoms with van der Waals surface area (Å²) in [7, 11) is 1.59. The highest BCUT2D eigenvalue weighted by atomic mass is 16.5. The number of aromatic amines is 1. The molecule has 0 spiro atoms. The molecule has 8 heteroatoms. The molecule has 1 aromatic heterocycles. The van der Waals surface area contributed by atoms with Crippen LogP contribution in [0.4, 0.5) is 0 Å². The molecule has 132 valence electrons. The van der Waals surface area contributed by atoms with Crippen LogP contribution in [0.3, 0.4) is 0 Å². The van der Waals surface area contributed by atoms with Crippen LogP contribution in [0.25, 0.3) is 11.3 Å². The fourth-order valence-electron chi connectivity index (χ4n) is 2.79. The molecule has 1 aliphatic rings. The second kappa shape index (κ2) is 7.35. The molecule has 0 saturated carbocycles. The number of carboxylic acid groups (broad SMARTS) is 1. The van der Waals surface area contributed by atoms with Gasteiger partial charge in [-0.3, -0.25) is 14.7 Å². The number of methoxy groups -OCH3 is 1. The Bertz CT molecular complexity index is 756. The summed E-state index contributed by atoms with van der Waals surface area (Å²) in [5, 5.41) is 15.9. The van der Waals surface area contributed by atoms with Gasteiger partial charge >= 0.3 is 5.97 Å². The van der Waals surface area contributed by atoms with Crippen molar-refractivity contribution in [1.82, 2.24) is 15.1 Å². The summed E-state index contributed by atoms with van der Waals surface area (Å²) < 4.78 is 10.4. The van der Waals surface area contributed by atoms with E-state index < -0.39 is 12.0 Å². The minimum Gasteiger partial charge on any atom is -0.497 e. The Kier molecular flexibility index (Phi) is 4.99. The third-order valence-corrected chi connectivity index (χ3v) is 4.09. The lowest BCUT2D eigenvalue weighted by Crippen LogP contribution is -2.49. The number of carbonyl (C=O) groups excluding carboxylic acids is 1. The Balaban J connectivity index is 1.77. The number of nitrogens with zero attached hydrogens (tertiary/aromatic N) is 2. The summed E-state index contributed by atoms with van der Waals surface area (Å²) in [6, 6.07) is 8.52. The molecule has 1 saturated heterocycles. The standard InChI is InChI=1S/C17H19N3O5/c1-24-13-4-2-11(3-5-13)14-9-15(19-18-14)17(23)20-6-7-25-10-12(20)8-16(21)22/h2-5,9,12H,6-8,10H2,1H3,(H,18,19)(H,21,22). The fraction of sp³-hybridized carbons (Fsp3) is 0.353. The summed E-state index contributed by atoms with van der Waals surface area (Å²) in [6.45, 7) is 0.965. The molecular formula is C17H19N3O5. The van der Waals surface area contributed by atoms with E-state index in [4.69, 9.17) is 14.6 Å². The Morgan fingerprint density at radius 3 is 2.84 bits per heavy atom. The van der Waals surface area contributed by atoms with Gasteiger partial charge in [-0.25, -0.2) is 0 Å². The van der Waals surface area contributed by atoms with E-state index in [0.29, 0.717) is 24.5 Å². The lowest BCUT2D eigenvalue weighted by Gasteiger charge is -2.34. The van der Waals surface area contributed by atoms with Crippen molar-refractivity contribution in [2.45, 2.75) is 12.5 Å². The van der Waals surface area contributed by atoms with Crippen LogP contribution in [0.5, 0.6) is 5.75 Å². The molecular weight excluding hydrogens is 326 g/mol. The number of carbonyl (C=O) groups is 2. The molecule has 2 heterocycles. The van der Waals surface area contributed by atoms with Gasteiger partial charge in [0.2, 0.25) is 0 Å². The van der Waals surface area contributed by atoms with Crippen molar-refractivity contribution < 1.29 is 24.2 Å². The fourth-order valence-corrected chi connectivity index (χ4v) is 2.79. The SMILES string of the molecule is COc1ccc(-c2cc(C(=O)N3CCOCC3CC(=O)O)[nH]n2)cc1. The van der Waals surface area contributed by atoms with E-state index in [1.807, 2.05) is 24.3 Å². The van der Waals surface area contributed by atoms with E-state index in [-0.39, 0.29) is 18.9 Å². The predicted molar refractivity (Wildman–Crippen MR) is 88.5 cm³/mol. The van der Waals surface area contributed by atoms with E-state index in [9.17, 15) is 9.59 Å². The molecule has 0 bridgehead atoms. The van der Waals surface area contributed by atoms with Crippen LogP contribution in [-0.2, 0) is 9.53 Å². The van der Waals surface area contributed by atoms with Gasteiger partial charge in [0, 0.05) is 12.1 Å². The largest absolute Gasteiger partial charge is 0.497 e. The summed E-state index contributed by atoms with van der Waals surface area (Å²) in [6.07, 6.45) is -0.148. The van der Waals surface area contributed by atoms with E-state index >= 15 is 0 Å². The highest BCUT2D eigenvalue weighted by molar-refractivity contribution is 5.94. The maximum Gasteiger partial charge on any atom is 0.305 e. The smallest absolute Gasteiger partial charge is 0.305 e. The number of benzene rings is 1. The molecule has 25 heavy (non-hydrogen) atoms. The third-order valence-electron chi connectivity index (χ3n) is 4.09. The summed E-state index contributed by atoms with van der Waals surface area (Å²) >= 11 is 0. The van der Waals surface area contributed by atoms with Crippen molar-refractivity contribution in [3.05, 3.63) is 36.0 Å². The minimum atomic E-state index is -0.961. The zero-order valence-electron chi connectivity index (χ0n) is 13.8. The molecule has 1 aromatic carbocycles. The number of aromatic nitrogens is 2. The van der Waals surface area contributed by atoms with Crippen LogP contribution in [0.15, 0.2) is 30.3 Å². The van der Waals surface area contributed by atoms with Crippen molar-refractivity contribution in [2.24, 2.45) is 0 Å². The zero-order chi connectivity index (χ0) is 17.8. The van der Waals surface area contributed by atoms with Gasteiger partial charge in [0.05, 0.1) is 38.5 Å². The average Bonchev–Trinajstić information content (AvgIpc) is 3.11. The lowest BCUT2D eigenvalue weighted by atomic mass is 10.1. The predicted octanol–water partition coefficient (Wildman–Crippen LogP) is 1.40. The first-order valence-electron chi connectivity index (χ1n) is 7.89. The number of H-pyrrole nitrogens is 1. The van der Waals surface area contributed by atoms with Crippen LogP contribution in [0.2, 0.25) is 0 Å². The summed E-state index contributed by atoms with van der Waals surface area (Å²) in [5.74, 6) is -0.501. The lowest BCUT2D eigenvalue weighted by molar-refractivity contribution is -0.139. The Hall–Kier alpha value is -2.87. The quantitative estimate of drug-likeness (QED) is 0.849. The molecule has 1 amide bonds. The topological polar surface area (TPSA) is 105 Å². The average molecular weight is 345 g/mol. The van der Waals surface area contributed by atoms with E-state index in [0.717, 1.165) is 11.3 Å². The first kappa shape index (κ1) is 17.0. The number of nitrogens with one attached hydrogen (secondary N) is 1. The molecule has 1 atom stereocenters. The molecule has 0 radical (unpaired) electrons. The minimum absolute atomic E-state index is 0.148. The molecule has 8 nitrogen and oxygen atoms in total. The third kappa shape index (κ3) is 3.80. The van der Waals surface area contributed by atoms with Crippen molar-refractivity contribution in [3.8, 4) is 17.0 Å². The Morgan fingerprint density at radius 2 is 2.16 bits per heavy atom. The number of carboxylic acids is 1. The number of hydrogen-bond donors (Lipinski definition) is 2. The van der Waals surface area contributed by atoms with Gasteiger partial charge in [-0.2, -0.15) is 5.10 Å². The number of rotatable bonds is 5. The number of ether oxygens (including phenoxy) is 2. The molecule has 0 aliphatic carbocycles. The second-order valence-electron chi connectivity index (χ2n) is 5.72. The van der Waals surface area contributed by atoms with E-state index in [2.05, 4.69) is 10.2 Å². The van der Waals surface area contributed by atoms with Gasteiger partial charge in [-0.05, 0) is 30.3 Å². The second-order valence-corrected chi connectivity index (χ2v) is 5.72. The van der Waals surface area contributed by atoms with Crippen LogP contribution < -0.4 is 4.74 Å². The number of amides is 1. The summed E-state index contributed by atoms with van der Waals surface area (Å²) in [4.78, 5) is 25.2. The highest BCUT2D eigenvalue weighted by Gasteiger charge is 2.30. The van der Waals surface area contributed by atoms with E-state index in [1.165, 1.54) is 4.90 Å². The van der Waals surface area contributed by atoms with Gasteiger partial charge < -0.3 is 19.5 Å². The zero-order valence-corrected chi connectivity index (χ0v) is 13.8. The Morgan fingerprint density at radius 1 is 1.40 bits per heavy atom. The first-order chi connectivity index (χ1) is 12.1.